The van der Waals surface area contributed by atoms with Gasteiger partial charge in [0.15, 0.2) is 19.1 Å². The molecule has 1 aliphatic heterocycles. The van der Waals surface area contributed by atoms with Crippen LogP contribution in [-0.2, 0) is 84.8 Å². The summed E-state index contributed by atoms with van der Waals surface area (Å²) in [5, 5.41) is 0. The van der Waals surface area contributed by atoms with Crippen molar-refractivity contribution < 1.29 is 51.8 Å². The Balaban J connectivity index is 1.29. The molecule has 316 valence electrons. The summed E-state index contributed by atoms with van der Waals surface area (Å²) in [7, 11) is -1.97. The molecular formula is C48H54O11P+. The summed E-state index contributed by atoms with van der Waals surface area (Å²) in [6, 6.07) is 48.8. The van der Waals surface area contributed by atoms with Gasteiger partial charge < -0.3 is 37.9 Å². The highest BCUT2D eigenvalue weighted by Gasteiger charge is 2.49. The van der Waals surface area contributed by atoms with Crippen LogP contribution in [-0.4, -0.2) is 75.4 Å². The van der Waals surface area contributed by atoms with E-state index in [1.165, 1.54) is 13.6 Å². The van der Waals surface area contributed by atoms with Crippen molar-refractivity contribution in [3.05, 3.63) is 179 Å². The van der Waals surface area contributed by atoms with E-state index in [1.807, 2.05) is 152 Å². The fourth-order valence-electron chi connectivity index (χ4n) is 6.72. The molecule has 0 aliphatic carbocycles. The summed E-state index contributed by atoms with van der Waals surface area (Å²) >= 11 is 0. The van der Waals surface area contributed by atoms with Crippen molar-refractivity contribution in [2.24, 2.45) is 0 Å². The van der Waals surface area contributed by atoms with Gasteiger partial charge in [0.25, 0.3) is 0 Å². The van der Waals surface area contributed by atoms with E-state index in [0.717, 1.165) is 27.8 Å². The monoisotopic (exact) mass is 837 g/mol. The molecule has 1 fully saturated rings. The summed E-state index contributed by atoms with van der Waals surface area (Å²) in [4.78, 5) is 12.6. The first-order valence-corrected chi connectivity index (χ1v) is 21.8. The van der Waals surface area contributed by atoms with Crippen LogP contribution in [0.15, 0.2) is 152 Å². The first-order chi connectivity index (χ1) is 29.4. The van der Waals surface area contributed by atoms with Crippen LogP contribution < -0.4 is 0 Å². The van der Waals surface area contributed by atoms with Gasteiger partial charge in [-0.05, 0) is 32.4 Å². The molecule has 0 saturated carbocycles. The summed E-state index contributed by atoms with van der Waals surface area (Å²) < 4.78 is 69.9. The van der Waals surface area contributed by atoms with Gasteiger partial charge in [0.2, 0.25) is 0 Å². The number of ether oxygens (including phenoxy) is 8. The summed E-state index contributed by atoms with van der Waals surface area (Å²) in [5.74, 6) is -0.489. The Morgan fingerprint density at radius 2 is 1.00 bits per heavy atom. The minimum Gasteiger partial charge on any atom is -0.457 e. The van der Waals surface area contributed by atoms with Gasteiger partial charge in [-0.3, -0.25) is 4.79 Å². The van der Waals surface area contributed by atoms with Crippen molar-refractivity contribution in [3.8, 4) is 0 Å². The number of carbonyl (C=O) groups excluding carboxylic acids is 1. The molecule has 8 atom stereocenters. The number of benzene rings is 5. The molecule has 0 N–H and O–H groups in total. The zero-order valence-electron chi connectivity index (χ0n) is 34.1. The van der Waals surface area contributed by atoms with Crippen LogP contribution in [0.25, 0.3) is 0 Å². The average Bonchev–Trinajstić information content (AvgIpc) is 3.59. The maximum Gasteiger partial charge on any atom is 0.504 e. The lowest BCUT2D eigenvalue weighted by Gasteiger charge is -2.34. The van der Waals surface area contributed by atoms with E-state index in [2.05, 4.69) is 0 Å². The lowest BCUT2D eigenvalue weighted by molar-refractivity contribution is -0.222. The Kier molecular flexibility index (Phi) is 18.4. The van der Waals surface area contributed by atoms with Crippen molar-refractivity contribution >= 4 is 14.0 Å². The molecule has 0 bridgehead atoms. The first kappa shape index (κ1) is 44.9. The van der Waals surface area contributed by atoms with Crippen molar-refractivity contribution in [1.82, 2.24) is 0 Å². The standard InChI is InChI=1S/C48H54O11P/c1-36(49)58-46-44(33-51-28-37-18-8-3-9-19-37)59-48(47(46)55-32-41-26-16-7-17-27-41)56-34-42(52-29-38-20-10-4-11-21-38)45(54-31-40-24-14-6-15-25-40)43(35-57-60(2)50)53-30-39-22-12-5-13-23-39/h3-27,42-48H,28-35H2,1-2H3/q+1/t42?,43?,44-,45?,46+,47?,48-/m1/s1. The Labute approximate surface area is 353 Å². The second-order valence-electron chi connectivity index (χ2n) is 14.4. The Morgan fingerprint density at radius 1 is 0.567 bits per heavy atom. The first-order valence-electron chi connectivity index (χ1n) is 20.1. The normalized spacial score (nSPS) is 19.3. The smallest absolute Gasteiger partial charge is 0.457 e. The predicted octanol–water partition coefficient (Wildman–Crippen LogP) is 8.61. The third-order valence-corrected chi connectivity index (χ3v) is 10.2. The van der Waals surface area contributed by atoms with Crippen LogP contribution in [0.1, 0.15) is 34.7 Å². The second kappa shape index (κ2) is 24.6. The largest absolute Gasteiger partial charge is 0.504 e. The van der Waals surface area contributed by atoms with Gasteiger partial charge in [0, 0.05) is 6.92 Å². The molecule has 0 aromatic heterocycles. The summed E-state index contributed by atoms with van der Waals surface area (Å²) in [6.07, 6.45) is -5.74. The molecule has 1 aliphatic rings. The zero-order chi connectivity index (χ0) is 41.8. The maximum atomic E-state index is 12.6. The quantitative estimate of drug-likeness (QED) is 0.0416. The zero-order valence-corrected chi connectivity index (χ0v) is 35.0. The van der Waals surface area contributed by atoms with E-state index in [9.17, 15) is 9.36 Å². The molecular weight excluding hydrogens is 783 g/mol. The molecule has 1 heterocycles. The highest BCUT2D eigenvalue weighted by atomic mass is 31.1. The van der Waals surface area contributed by atoms with E-state index in [4.69, 9.17) is 42.4 Å². The molecule has 0 radical (unpaired) electrons. The molecule has 6 rings (SSSR count). The van der Waals surface area contributed by atoms with Crippen LogP contribution in [0, 0.1) is 0 Å². The molecule has 5 aromatic carbocycles. The van der Waals surface area contributed by atoms with Crippen LogP contribution in [0.2, 0.25) is 0 Å². The number of hydrogen-bond donors (Lipinski definition) is 0. The van der Waals surface area contributed by atoms with E-state index >= 15 is 0 Å². The van der Waals surface area contributed by atoms with Gasteiger partial charge in [0.05, 0.1) is 46.2 Å². The van der Waals surface area contributed by atoms with Gasteiger partial charge in [-0.15, -0.1) is 4.52 Å². The molecule has 1 saturated heterocycles. The van der Waals surface area contributed by atoms with E-state index in [0.29, 0.717) is 6.61 Å². The van der Waals surface area contributed by atoms with E-state index < -0.39 is 56.9 Å². The van der Waals surface area contributed by atoms with Crippen molar-refractivity contribution in [2.75, 3.05) is 26.5 Å². The fourth-order valence-corrected chi connectivity index (χ4v) is 7.08. The topological polar surface area (TPSA) is 117 Å². The molecule has 0 amide bonds. The highest BCUT2D eigenvalue weighted by Crippen LogP contribution is 2.31. The number of hydrogen-bond acceptors (Lipinski definition) is 11. The van der Waals surface area contributed by atoms with E-state index in [1.54, 1.807) is 0 Å². The third kappa shape index (κ3) is 14.8. The molecule has 11 nitrogen and oxygen atoms in total. The molecule has 60 heavy (non-hydrogen) atoms. The van der Waals surface area contributed by atoms with Crippen molar-refractivity contribution in [2.45, 2.75) is 82.9 Å². The minimum atomic E-state index is -1.97. The minimum absolute atomic E-state index is 0.0404. The predicted molar refractivity (Wildman–Crippen MR) is 226 cm³/mol. The molecule has 0 spiro atoms. The summed E-state index contributed by atoms with van der Waals surface area (Å²) in [6.45, 7) is 4.09. The lowest BCUT2D eigenvalue weighted by atomic mass is 10.1. The van der Waals surface area contributed by atoms with Crippen molar-refractivity contribution in [1.29, 1.82) is 0 Å². The molecule has 5 aromatic rings. The number of rotatable bonds is 25. The number of carbonyl (C=O) groups is 1. The van der Waals surface area contributed by atoms with Gasteiger partial charge in [-0.25, -0.2) is 0 Å². The van der Waals surface area contributed by atoms with Gasteiger partial charge in [-0.2, -0.15) is 0 Å². The van der Waals surface area contributed by atoms with Crippen LogP contribution >= 0.6 is 8.03 Å². The fraction of sp³-hybridized carbons (Fsp3) is 0.354. The van der Waals surface area contributed by atoms with Gasteiger partial charge in [0.1, 0.15) is 37.1 Å². The average molecular weight is 838 g/mol. The van der Waals surface area contributed by atoms with Crippen LogP contribution in [0.4, 0.5) is 0 Å². The van der Waals surface area contributed by atoms with Crippen molar-refractivity contribution in [3.63, 3.8) is 0 Å². The Bertz CT molecular complexity index is 1960. The lowest BCUT2D eigenvalue weighted by Crippen LogP contribution is -2.48. The van der Waals surface area contributed by atoms with Crippen LogP contribution in [0.5, 0.6) is 0 Å². The van der Waals surface area contributed by atoms with Crippen LogP contribution in [0.3, 0.4) is 0 Å². The second-order valence-corrected chi connectivity index (χ2v) is 15.5. The molecule has 12 heteroatoms. The SMILES string of the molecule is CC(=O)O[C@@H]1C(OCc2ccccc2)[C@H](OCC(OCc2ccccc2)C(OCc2ccccc2)C(CO[P+](C)=O)OCc2ccccc2)O[C@@H]1COCc1ccccc1. The number of esters is 1. The van der Waals surface area contributed by atoms with Gasteiger partial charge in [-0.1, -0.05) is 152 Å². The third-order valence-electron chi connectivity index (χ3n) is 9.73. The maximum absolute atomic E-state index is 12.6. The summed E-state index contributed by atoms with van der Waals surface area (Å²) in [5.41, 5.74) is 4.73. The van der Waals surface area contributed by atoms with E-state index in [-0.39, 0.29) is 46.2 Å². The van der Waals surface area contributed by atoms with Gasteiger partial charge >= 0.3 is 14.0 Å². The Hall–Kier alpha value is -4.65. The molecule has 5 unspecified atom stereocenters. The highest BCUT2D eigenvalue weighted by molar-refractivity contribution is 7.38. The Morgan fingerprint density at radius 3 is 1.47 bits per heavy atom.